The van der Waals surface area contributed by atoms with Crippen molar-refractivity contribution in [2.75, 3.05) is 0 Å². The second-order valence-electron chi connectivity index (χ2n) is 6.48. The van der Waals surface area contributed by atoms with Gasteiger partial charge in [-0.2, -0.15) is 0 Å². The van der Waals surface area contributed by atoms with E-state index in [1.807, 2.05) is 0 Å². The van der Waals surface area contributed by atoms with Gasteiger partial charge in [-0.1, -0.05) is 62.4 Å². The van der Waals surface area contributed by atoms with Crippen LogP contribution in [0.15, 0.2) is 42.5 Å². The van der Waals surface area contributed by atoms with E-state index in [2.05, 4.69) is 76.3 Å². The third-order valence-corrected chi connectivity index (χ3v) is 4.90. The number of hydrogen-bond acceptors (Lipinski definition) is 0. The van der Waals surface area contributed by atoms with Crippen molar-refractivity contribution < 1.29 is 0 Å². The minimum Gasteiger partial charge on any atom is -0.0771 e. The molecule has 1 atom stereocenters. The number of allylic oxidation sites excluding steroid dienone is 5. The molecule has 0 aliphatic heterocycles. The molecule has 1 aromatic rings. The van der Waals surface area contributed by atoms with E-state index >= 15 is 0 Å². The Morgan fingerprint density at radius 3 is 2.21 bits per heavy atom. The Bertz CT molecular complexity index is 585. The lowest BCUT2D eigenvalue weighted by atomic mass is 9.67. The van der Waals surface area contributed by atoms with Crippen LogP contribution in [0.2, 0.25) is 0 Å². The summed E-state index contributed by atoms with van der Waals surface area (Å²) in [6.07, 6.45) is 13.7. The van der Waals surface area contributed by atoms with Gasteiger partial charge in [0.25, 0.3) is 0 Å². The summed E-state index contributed by atoms with van der Waals surface area (Å²) in [6, 6.07) is 4.51. The molecule has 2 aliphatic carbocycles. The molecule has 0 spiro atoms. The molecule has 0 aromatic heterocycles. The van der Waals surface area contributed by atoms with Gasteiger partial charge in [0.15, 0.2) is 0 Å². The molecule has 0 heterocycles. The van der Waals surface area contributed by atoms with E-state index in [1.165, 1.54) is 16.7 Å². The van der Waals surface area contributed by atoms with E-state index in [4.69, 9.17) is 0 Å². The largest absolute Gasteiger partial charge is 0.0771 e. The zero-order chi connectivity index (χ0) is 13.6. The summed E-state index contributed by atoms with van der Waals surface area (Å²) in [5.74, 6) is 1.05. The van der Waals surface area contributed by atoms with Crippen LogP contribution in [0.5, 0.6) is 0 Å². The maximum Gasteiger partial charge on any atom is 0.00898 e. The number of hydrogen-bond donors (Lipinski definition) is 0. The summed E-state index contributed by atoms with van der Waals surface area (Å²) in [4.78, 5) is 0. The molecule has 0 N–H and O–H groups in total. The normalized spacial score (nSPS) is 21.4. The average molecular weight is 250 g/mol. The Kier molecular flexibility index (Phi) is 2.78. The summed E-state index contributed by atoms with van der Waals surface area (Å²) in [5.41, 5.74) is 6.04. The molecule has 0 nitrogen and oxygen atoms in total. The Labute approximate surface area is 116 Å². The SMILES string of the molecule is Cc1ccc(C)c2c1C=CC2C(C)(C)C1C=CC=C1. The molecule has 0 heteroatoms. The molecule has 0 saturated heterocycles. The minimum atomic E-state index is 0.226. The standard InChI is InChI=1S/C19H22/c1-13-9-10-14(2)18-16(13)11-12-17(18)19(3,4)15-7-5-6-8-15/h5-12,15,17H,1-4H3. The Morgan fingerprint density at radius 1 is 0.895 bits per heavy atom. The molecule has 98 valence electrons. The first-order chi connectivity index (χ1) is 9.01. The molecule has 0 bridgehead atoms. The zero-order valence-electron chi connectivity index (χ0n) is 12.3. The van der Waals surface area contributed by atoms with Crippen LogP contribution in [0.4, 0.5) is 0 Å². The van der Waals surface area contributed by atoms with Crippen LogP contribution >= 0.6 is 0 Å². The van der Waals surface area contributed by atoms with Crippen molar-refractivity contribution in [2.24, 2.45) is 11.3 Å². The second kappa shape index (κ2) is 4.23. The molecule has 1 unspecified atom stereocenters. The molecule has 0 amide bonds. The van der Waals surface area contributed by atoms with Gasteiger partial charge in [0.1, 0.15) is 0 Å². The van der Waals surface area contributed by atoms with E-state index < -0.39 is 0 Å². The van der Waals surface area contributed by atoms with Gasteiger partial charge >= 0.3 is 0 Å². The van der Waals surface area contributed by atoms with Gasteiger partial charge in [0, 0.05) is 11.8 Å². The highest BCUT2D eigenvalue weighted by Gasteiger charge is 2.38. The first kappa shape index (κ1) is 12.5. The number of benzene rings is 1. The van der Waals surface area contributed by atoms with Crippen molar-refractivity contribution in [1.82, 2.24) is 0 Å². The predicted octanol–water partition coefficient (Wildman–Crippen LogP) is 5.18. The Morgan fingerprint density at radius 2 is 1.53 bits per heavy atom. The number of rotatable bonds is 2. The third-order valence-electron chi connectivity index (χ3n) is 4.90. The van der Waals surface area contributed by atoms with Gasteiger partial charge in [-0.15, -0.1) is 0 Å². The van der Waals surface area contributed by atoms with Crippen molar-refractivity contribution in [3.63, 3.8) is 0 Å². The topological polar surface area (TPSA) is 0 Å². The highest BCUT2D eigenvalue weighted by atomic mass is 14.4. The summed E-state index contributed by atoms with van der Waals surface area (Å²) in [6.45, 7) is 9.25. The first-order valence-electron chi connectivity index (χ1n) is 7.15. The van der Waals surface area contributed by atoms with Crippen LogP contribution in [-0.4, -0.2) is 0 Å². The van der Waals surface area contributed by atoms with Crippen LogP contribution in [0, 0.1) is 25.2 Å². The van der Waals surface area contributed by atoms with Gasteiger partial charge in [0.05, 0.1) is 0 Å². The van der Waals surface area contributed by atoms with Crippen molar-refractivity contribution in [3.8, 4) is 0 Å². The van der Waals surface area contributed by atoms with Crippen molar-refractivity contribution in [2.45, 2.75) is 33.6 Å². The molecule has 1 aromatic carbocycles. The molecule has 19 heavy (non-hydrogen) atoms. The fraction of sp³-hybridized carbons (Fsp3) is 0.368. The molecule has 3 rings (SSSR count). The van der Waals surface area contributed by atoms with Gasteiger partial charge < -0.3 is 0 Å². The van der Waals surface area contributed by atoms with Gasteiger partial charge in [-0.25, -0.2) is 0 Å². The third kappa shape index (κ3) is 1.82. The maximum absolute atomic E-state index is 2.41. The van der Waals surface area contributed by atoms with E-state index in [1.54, 1.807) is 5.56 Å². The maximum atomic E-state index is 2.41. The summed E-state index contributed by atoms with van der Waals surface area (Å²) >= 11 is 0. The summed E-state index contributed by atoms with van der Waals surface area (Å²) < 4.78 is 0. The van der Waals surface area contributed by atoms with Crippen LogP contribution in [-0.2, 0) is 0 Å². The second-order valence-corrected chi connectivity index (χ2v) is 6.48. The smallest absolute Gasteiger partial charge is 0.00898 e. The van der Waals surface area contributed by atoms with Crippen molar-refractivity contribution >= 4 is 6.08 Å². The Balaban J connectivity index is 2.07. The highest BCUT2D eigenvalue weighted by molar-refractivity contribution is 5.68. The summed E-state index contributed by atoms with van der Waals surface area (Å²) in [5, 5.41) is 0. The molecule has 0 saturated carbocycles. The lowest BCUT2D eigenvalue weighted by Gasteiger charge is -2.36. The predicted molar refractivity (Wildman–Crippen MR) is 83.2 cm³/mol. The summed E-state index contributed by atoms with van der Waals surface area (Å²) in [7, 11) is 0. The van der Waals surface area contributed by atoms with E-state index in [-0.39, 0.29) is 5.41 Å². The van der Waals surface area contributed by atoms with Gasteiger partial charge in [-0.3, -0.25) is 0 Å². The van der Waals surface area contributed by atoms with E-state index in [0.717, 1.165) is 0 Å². The zero-order valence-corrected chi connectivity index (χ0v) is 12.3. The molecular weight excluding hydrogens is 228 g/mol. The van der Waals surface area contributed by atoms with Gasteiger partial charge in [0.2, 0.25) is 0 Å². The van der Waals surface area contributed by atoms with Crippen molar-refractivity contribution in [3.05, 3.63) is 64.8 Å². The van der Waals surface area contributed by atoms with Crippen LogP contribution in [0.25, 0.3) is 6.08 Å². The monoisotopic (exact) mass is 250 g/mol. The lowest BCUT2D eigenvalue weighted by molar-refractivity contribution is 0.271. The molecule has 0 radical (unpaired) electrons. The minimum absolute atomic E-state index is 0.226. The molecule has 0 fully saturated rings. The van der Waals surface area contributed by atoms with Crippen LogP contribution in [0.3, 0.4) is 0 Å². The number of aryl methyl sites for hydroxylation is 2. The van der Waals surface area contributed by atoms with Gasteiger partial charge in [-0.05, 0) is 41.5 Å². The quantitative estimate of drug-likeness (QED) is 0.678. The molecular formula is C19H22. The Hall–Kier alpha value is -1.56. The molecule has 2 aliphatic rings. The van der Waals surface area contributed by atoms with Crippen molar-refractivity contribution in [1.29, 1.82) is 0 Å². The number of fused-ring (bicyclic) bond motifs is 1. The van der Waals surface area contributed by atoms with Crippen LogP contribution in [0.1, 0.15) is 42.0 Å². The lowest BCUT2D eigenvalue weighted by Crippen LogP contribution is -2.27. The fourth-order valence-corrected chi connectivity index (χ4v) is 3.53. The average Bonchev–Trinajstić information content (AvgIpc) is 3.02. The van der Waals surface area contributed by atoms with E-state index in [9.17, 15) is 0 Å². The first-order valence-corrected chi connectivity index (χ1v) is 7.15. The highest BCUT2D eigenvalue weighted by Crippen LogP contribution is 2.50. The van der Waals surface area contributed by atoms with E-state index in [0.29, 0.717) is 11.8 Å². The van der Waals surface area contributed by atoms with Crippen LogP contribution < -0.4 is 0 Å². The fourth-order valence-electron chi connectivity index (χ4n) is 3.53.